The van der Waals surface area contributed by atoms with E-state index in [1.165, 1.54) is 0 Å². The lowest BCUT2D eigenvalue weighted by Crippen LogP contribution is -2.34. The van der Waals surface area contributed by atoms with Crippen LogP contribution in [0.1, 0.15) is 18.4 Å². The quantitative estimate of drug-likeness (QED) is 0.499. The Bertz CT molecular complexity index is 523. The number of hydrogen-bond acceptors (Lipinski definition) is 4. The fourth-order valence-electron chi connectivity index (χ4n) is 1.96. The van der Waals surface area contributed by atoms with Crippen molar-refractivity contribution in [2.75, 3.05) is 33.2 Å². The summed E-state index contributed by atoms with van der Waals surface area (Å²) in [7, 11) is 3.16. The molecule has 23 heavy (non-hydrogen) atoms. The lowest BCUT2D eigenvalue weighted by atomic mass is 10.1. The number of benzene rings is 1. The first kappa shape index (κ1) is 19.1. The Kier molecular flexibility index (Phi) is 8.90. The molecule has 0 aromatic heterocycles. The summed E-state index contributed by atoms with van der Waals surface area (Å²) < 4.78 is 10.4. The normalized spacial score (nSPS) is 10.0. The highest BCUT2D eigenvalue weighted by Gasteiger charge is 2.07. The van der Waals surface area contributed by atoms with E-state index in [2.05, 4.69) is 10.6 Å². The second-order valence-electron chi connectivity index (χ2n) is 4.83. The zero-order valence-corrected chi connectivity index (χ0v) is 14.2. The van der Waals surface area contributed by atoms with Gasteiger partial charge in [0.15, 0.2) is 11.5 Å². The van der Waals surface area contributed by atoms with Gasteiger partial charge in [-0.3, -0.25) is 9.59 Å². The van der Waals surface area contributed by atoms with Crippen LogP contribution in [0.25, 0.3) is 0 Å². The lowest BCUT2D eigenvalue weighted by Gasteiger charge is -2.10. The summed E-state index contributed by atoms with van der Waals surface area (Å²) in [6, 6.07) is 5.58. The first-order chi connectivity index (χ1) is 11.1. The Morgan fingerprint density at radius 1 is 1.00 bits per heavy atom. The molecule has 128 valence electrons. The van der Waals surface area contributed by atoms with Crippen LogP contribution in [0.2, 0.25) is 0 Å². The molecule has 0 aliphatic rings. The van der Waals surface area contributed by atoms with Crippen molar-refractivity contribution in [1.29, 1.82) is 0 Å². The van der Waals surface area contributed by atoms with Gasteiger partial charge >= 0.3 is 0 Å². The molecule has 0 atom stereocenters. The molecule has 1 aromatic carbocycles. The van der Waals surface area contributed by atoms with E-state index in [1.54, 1.807) is 14.2 Å². The second kappa shape index (κ2) is 10.7. The standard InChI is InChI=1S/C16H23ClN2O4/c1-22-13-5-3-12(11-14(13)23-2)4-6-15(20)18-9-10-19-16(21)7-8-17/h3,5,11H,4,6-10H2,1-2H3,(H,18,20)(H,19,21). The van der Waals surface area contributed by atoms with Crippen molar-refractivity contribution in [2.45, 2.75) is 19.3 Å². The van der Waals surface area contributed by atoms with Crippen molar-refractivity contribution in [3.63, 3.8) is 0 Å². The smallest absolute Gasteiger partial charge is 0.221 e. The number of alkyl halides is 1. The summed E-state index contributed by atoms with van der Waals surface area (Å²) in [6.07, 6.45) is 1.25. The molecule has 2 amide bonds. The summed E-state index contributed by atoms with van der Waals surface area (Å²) in [5.41, 5.74) is 0.994. The van der Waals surface area contributed by atoms with E-state index in [0.29, 0.717) is 43.3 Å². The fourth-order valence-corrected chi connectivity index (χ4v) is 2.13. The minimum absolute atomic E-state index is 0.0635. The Morgan fingerprint density at radius 3 is 2.17 bits per heavy atom. The molecule has 0 unspecified atom stereocenters. The first-order valence-corrected chi connectivity index (χ1v) is 7.94. The van der Waals surface area contributed by atoms with Gasteiger partial charge in [-0.2, -0.15) is 0 Å². The van der Waals surface area contributed by atoms with E-state index in [9.17, 15) is 9.59 Å². The van der Waals surface area contributed by atoms with Crippen LogP contribution in [0.5, 0.6) is 11.5 Å². The number of carbonyl (C=O) groups is 2. The van der Waals surface area contributed by atoms with E-state index in [1.807, 2.05) is 18.2 Å². The highest BCUT2D eigenvalue weighted by atomic mass is 35.5. The molecule has 0 saturated heterocycles. The van der Waals surface area contributed by atoms with Gasteiger partial charge in [-0.05, 0) is 24.1 Å². The summed E-state index contributed by atoms with van der Waals surface area (Å²) in [6.45, 7) is 0.802. The summed E-state index contributed by atoms with van der Waals surface area (Å²) in [4.78, 5) is 22.9. The monoisotopic (exact) mass is 342 g/mol. The van der Waals surface area contributed by atoms with Gasteiger partial charge in [0.1, 0.15) is 0 Å². The van der Waals surface area contributed by atoms with Crippen LogP contribution in [0.3, 0.4) is 0 Å². The molecule has 0 fully saturated rings. The van der Waals surface area contributed by atoms with Crippen molar-refractivity contribution in [1.82, 2.24) is 10.6 Å². The average Bonchev–Trinajstić information content (AvgIpc) is 2.56. The van der Waals surface area contributed by atoms with Crippen molar-refractivity contribution in [2.24, 2.45) is 0 Å². The molecule has 1 aromatic rings. The maximum Gasteiger partial charge on any atom is 0.221 e. The predicted molar refractivity (Wildman–Crippen MR) is 89.2 cm³/mol. The third kappa shape index (κ3) is 7.23. The number of amides is 2. The predicted octanol–water partition coefficient (Wildman–Crippen LogP) is 1.50. The van der Waals surface area contributed by atoms with Crippen LogP contribution in [-0.2, 0) is 16.0 Å². The summed E-state index contributed by atoms with van der Waals surface area (Å²) in [5.74, 6) is 1.43. The van der Waals surface area contributed by atoms with E-state index < -0.39 is 0 Å². The molecular formula is C16H23ClN2O4. The van der Waals surface area contributed by atoms with Crippen molar-refractivity contribution < 1.29 is 19.1 Å². The molecule has 0 spiro atoms. The maximum absolute atomic E-state index is 11.8. The Hall–Kier alpha value is -1.95. The maximum atomic E-state index is 11.8. The fraction of sp³-hybridized carbons (Fsp3) is 0.500. The van der Waals surface area contributed by atoms with Crippen LogP contribution >= 0.6 is 11.6 Å². The number of carbonyl (C=O) groups excluding carboxylic acids is 2. The van der Waals surface area contributed by atoms with Gasteiger partial charge in [-0.15, -0.1) is 11.6 Å². The van der Waals surface area contributed by atoms with Crippen molar-refractivity contribution in [3.8, 4) is 11.5 Å². The van der Waals surface area contributed by atoms with Gasteiger partial charge in [-0.25, -0.2) is 0 Å². The van der Waals surface area contributed by atoms with Crippen molar-refractivity contribution >= 4 is 23.4 Å². The third-order valence-corrected chi connectivity index (χ3v) is 3.37. The Balaban J connectivity index is 2.29. The Morgan fingerprint density at radius 2 is 1.61 bits per heavy atom. The van der Waals surface area contributed by atoms with Gasteiger partial charge in [0.2, 0.25) is 11.8 Å². The number of hydrogen-bond donors (Lipinski definition) is 2. The number of ether oxygens (including phenoxy) is 2. The number of halogens is 1. The molecular weight excluding hydrogens is 320 g/mol. The molecule has 6 nitrogen and oxygen atoms in total. The van der Waals surface area contributed by atoms with E-state index >= 15 is 0 Å². The molecule has 0 aliphatic heterocycles. The van der Waals surface area contributed by atoms with Crippen LogP contribution < -0.4 is 20.1 Å². The minimum Gasteiger partial charge on any atom is -0.493 e. The highest BCUT2D eigenvalue weighted by Crippen LogP contribution is 2.27. The highest BCUT2D eigenvalue weighted by molar-refractivity contribution is 6.18. The molecule has 0 heterocycles. The second-order valence-corrected chi connectivity index (χ2v) is 5.21. The molecule has 0 bridgehead atoms. The molecule has 0 aliphatic carbocycles. The number of aryl methyl sites for hydroxylation is 1. The van der Waals surface area contributed by atoms with Gasteiger partial charge < -0.3 is 20.1 Å². The summed E-state index contributed by atoms with van der Waals surface area (Å²) in [5, 5.41) is 5.43. The lowest BCUT2D eigenvalue weighted by molar-refractivity contribution is -0.122. The third-order valence-electron chi connectivity index (χ3n) is 3.18. The molecule has 7 heteroatoms. The zero-order chi connectivity index (χ0) is 17.1. The number of methoxy groups -OCH3 is 2. The van der Waals surface area contributed by atoms with Crippen LogP contribution in [0.4, 0.5) is 0 Å². The van der Waals surface area contributed by atoms with Crippen molar-refractivity contribution in [3.05, 3.63) is 23.8 Å². The van der Waals surface area contributed by atoms with E-state index in [-0.39, 0.29) is 18.2 Å². The van der Waals surface area contributed by atoms with Crippen LogP contribution in [-0.4, -0.2) is 45.0 Å². The van der Waals surface area contributed by atoms with Gasteiger partial charge in [0.25, 0.3) is 0 Å². The summed E-state index contributed by atoms with van der Waals surface area (Å²) >= 11 is 5.45. The SMILES string of the molecule is COc1ccc(CCC(=O)NCCNC(=O)CCCl)cc1OC. The van der Waals surface area contributed by atoms with Gasteiger partial charge in [0, 0.05) is 31.8 Å². The van der Waals surface area contributed by atoms with Gasteiger partial charge in [0.05, 0.1) is 14.2 Å². The molecule has 2 N–H and O–H groups in total. The Labute approximate surface area is 141 Å². The number of nitrogens with one attached hydrogen (secondary N) is 2. The van der Waals surface area contributed by atoms with Crippen LogP contribution in [0.15, 0.2) is 18.2 Å². The molecule has 0 saturated carbocycles. The van der Waals surface area contributed by atoms with E-state index in [0.717, 1.165) is 5.56 Å². The molecule has 1 rings (SSSR count). The number of rotatable bonds is 10. The van der Waals surface area contributed by atoms with Gasteiger partial charge in [-0.1, -0.05) is 6.07 Å². The van der Waals surface area contributed by atoms with E-state index in [4.69, 9.17) is 21.1 Å². The van der Waals surface area contributed by atoms with Crippen LogP contribution in [0, 0.1) is 0 Å². The zero-order valence-electron chi connectivity index (χ0n) is 13.5. The minimum atomic E-state index is -0.112. The topological polar surface area (TPSA) is 76.7 Å². The largest absolute Gasteiger partial charge is 0.493 e. The molecule has 0 radical (unpaired) electrons. The average molecular weight is 343 g/mol. The first-order valence-electron chi connectivity index (χ1n) is 7.41.